The molecular weight excluding hydrogens is 394 g/mol. The minimum atomic E-state index is -1.19. The van der Waals surface area contributed by atoms with Crippen LogP contribution in [0.5, 0.6) is 0 Å². The molecule has 1 saturated heterocycles. The van der Waals surface area contributed by atoms with Crippen LogP contribution in [-0.2, 0) is 16.9 Å². The van der Waals surface area contributed by atoms with E-state index in [0.717, 1.165) is 10.6 Å². The van der Waals surface area contributed by atoms with Crippen molar-refractivity contribution in [2.75, 3.05) is 0 Å². The molecule has 0 unspecified atom stereocenters. The van der Waals surface area contributed by atoms with Gasteiger partial charge in [0.05, 0.1) is 12.2 Å². The van der Waals surface area contributed by atoms with Gasteiger partial charge in [-0.05, 0) is 19.9 Å². The van der Waals surface area contributed by atoms with Crippen LogP contribution in [0.15, 0.2) is 53.9 Å². The van der Waals surface area contributed by atoms with Crippen molar-refractivity contribution in [1.82, 2.24) is 15.2 Å². The Bertz CT molecular complexity index is 1060. The van der Waals surface area contributed by atoms with Crippen LogP contribution in [0.4, 0.5) is 4.79 Å². The van der Waals surface area contributed by atoms with E-state index in [9.17, 15) is 9.59 Å². The van der Waals surface area contributed by atoms with Crippen molar-refractivity contribution >= 4 is 34.9 Å². The minimum absolute atomic E-state index is 0.118. The molecule has 28 heavy (non-hydrogen) atoms. The highest BCUT2D eigenvalue weighted by atomic mass is 35.5. The fourth-order valence-electron chi connectivity index (χ4n) is 3.26. The Hall–Kier alpha value is -2.70. The van der Waals surface area contributed by atoms with Crippen molar-refractivity contribution in [1.29, 1.82) is 0 Å². The third-order valence-electron chi connectivity index (χ3n) is 4.86. The van der Waals surface area contributed by atoms with Gasteiger partial charge < -0.3 is 5.32 Å². The maximum atomic E-state index is 13.1. The second-order valence-electron chi connectivity index (χ2n) is 6.94. The van der Waals surface area contributed by atoms with Crippen LogP contribution in [0.3, 0.4) is 0 Å². The summed E-state index contributed by atoms with van der Waals surface area (Å²) in [6.07, 6.45) is 0. The number of carbonyl (C=O) groups is 2. The number of urea groups is 1. The van der Waals surface area contributed by atoms with Crippen molar-refractivity contribution in [3.8, 4) is 10.6 Å². The number of halogens is 1. The lowest BCUT2D eigenvalue weighted by Crippen LogP contribution is -2.41. The van der Waals surface area contributed by atoms with E-state index in [1.54, 1.807) is 31.2 Å². The first kappa shape index (κ1) is 18.7. The van der Waals surface area contributed by atoms with Gasteiger partial charge in [0, 0.05) is 21.5 Å². The van der Waals surface area contributed by atoms with Crippen LogP contribution < -0.4 is 5.32 Å². The lowest BCUT2D eigenvalue weighted by Gasteiger charge is -2.23. The highest BCUT2D eigenvalue weighted by Gasteiger charge is 2.49. The molecule has 3 aromatic rings. The molecule has 7 heteroatoms. The van der Waals surface area contributed by atoms with Gasteiger partial charge in [0.1, 0.15) is 10.5 Å². The number of thiazole rings is 1. The fourth-order valence-corrected chi connectivity index (χ4v) is 4.40. The van der Waals surface area contributed by atoms with Gasteiger partial charge >= 0.3 is 6.03 Å². The topological polar surface area (TPSA) is 62.3 Å². The molecule has 0 aliphatic carbocycles. The molecule has 2 aromatic carbocycles. The molecule has 5 nitrogen and oxygen atoms in total. The molecule has 1 aromatic heterocycles. The number of aryl methyl sites for hydroxylation is 1. The molecule has 0 radical (unpaired) electrons. The number of amides is 3. The number of benzene rings is 2. The average Bonchev–Trinajstić information content (AvgIpc) is 3.22. The van der Waals surface area contributed by atoms with Crippen molar-refractivity contribution in [2.24, 2.45) is 0 Å². The Morgan fingerprint density at radius 1 is 1.14 bits per heavy atom. The normalized spacial score (nSPS) is 19.2. The summed E-state index contributed by atoms with van der Waals surface area (Å²) < 4.78 is 0. The summed E-state index contributed by atoms with van der Waals surface area (Å²) in [5, 5.41) is 5.95. The third-order valence-corrected chi connectivity index (χ3v) is 6.13. The summed E-state index contributed by atoms with van der Waals surface area (Å²) >= 11 is 7.76. The van der Waals surface area contributed by atoms with E-state index in [4.69, 9.17) is 11.6 Å². The van der Waals surface area contributed by atoms with Crippen LogP contribution in [0.1, 0.15) is 23.7 Å². The molecule has 4 rings (SSSR count). The van der Waals surface area contributed by atoms with E-state index in [2.05, 4.69) is 10.3 Å². The summed E-state index contributed by atoms with van der Waals surface area (Å²) in [5.41, 5.74) is 2.26. The number of aromatic nitrogens is 1. The number of nitrogens with zero attached hydrogens (tertiary/aromatic N) is 2. The molecule has 1 atom stereocenters. The lowest BCUT2D eigenvalue weighted by molar-refractivity contribution is -0.131. The van der Waals surface area contributed by atoms with Gasteiger partial charge in [-0.2, -0.15) is 0 Å². The van der Waals surface area contributed by atoms with Crippen LogP contribution in [0.2, 0.25) is 5.02 Å². The standard InChI is InChI=1S/C21H18ClN3O2S/c1-13-7-9-14(10-8-13)18-23-15(12-28-18)11-25-19(26)21(2,24-20(25)27)16-5-3-4-6-17(16)22/h3-10,12H,11H2,1-2H3,(H,24,27)/t21-/m0/s1. The number of imide groups is 1. The van der Waals surface area contributed by atoms with Crippen molar-refractivity contribution in [3.63, 3.8) is 0 Å². The zero-order valence-electron chi connectivity index (χ0n) is 15.4. The van der Waals surface area contributed by atoms with Gasteiger partial charge in [-0.1, -0.05) is 59.6 Å². The highest BCUT2D eigenvalue weighted by Crippen LogP contribution is 2.34. The number of carbonyl (C=O) groups excluding carboxylic acids is 2. The Morgan fingerprint density at radius 3 is 2.57 bits per heavy atom. The van der Waals surface area contributed by atoms with Crippen LogP contribution in [0, 0.1) is 6.92 Å². The molecule has 0 spiro atoms. The molecule has 1 fully saturated rings. The predicted molar refractivity (Wildman–Crippen MR) is 110 cm³/mol. The summed E-state index contributed by atoms with van der Waals surface area (Å²) in [6, 6.07) is 14.7. The smallest absolute Gasteiger partial charge is 0.319 e. The van der Waals surface area contributed by atoms with Gasteiger partial charge in [-0.25, -0.2) is 9.78 Å². The van der Waals surface area contributed by atoms with Crippen molar-refractivity contribution < 1.29 is 9.59 Å². The molecule has 1 N–H and O–H groups in total. The van der Waals surface area contributed by atoms with Crippen LogP contribution >= 0.6 is 22.9 Å². The van der Waals surface area contributed by atoms with Crippen molar-refractivity contribution in [2.45, 2.75) is 25.9 Å². The van der Waals surface area contributed by atoms with E-state index in [-0.39, 0.29) is 12.5 Å². The van der Waals surface area contributed by atoms with Gasteiger partial charge in [0.15, 0.2) is 0 Å². The highest BCUT2D eigenvalue weighted by molar-refractivity contribution is 7.13. The summed E-state index contributed by atoms with van der Waals surface area (Å²) in [6.45, 7) is 3.82. The molecule has 142 valence electrons. The largest absolute Gasteiger partial charge is 0.325 e. The number of nitrogens with one attached hydrogen (secondary N) is 1. The number of hydrogen-bond donors (Lipinski definition) is 1. The molecule has 0 saturated carbocycles. The maximum Gasteiger partial charge on any atom is 0.325 e. The van der Waals surface area contributed by atoms with Gasteiger partial charge in [-0.3, -0.25) is 9.69 Å². The Labute approximate surface area is 172 Å². The quantitative estimate of drug-likeness (QED) is 0.631. The van der Waals surface area contributed by atoms with Gasteiger partial charge in [-0.15, -0.1) is 11.3 Å². The first-order chi connectivity index (χ1) is 13.4. The number of rotatable bonds is 4. The van der Waals surface area contributed by atoms with Crippen LogP contribution in [0.25, 0.3) is 10.6 Å². The van der Waals surface area contributed by atoms with E-state index < -0.39 is 11.6 Å². The van der Waals surface area contributed by atoms with Gasteiger partial charge in [0.25, 0.3) is 5.91 Å². The summed E-state index contributed by atoms with van der Waals surface area (Å²) in [7, 11) is 0. The zero-order valence-corrected chi connectivity index (χ0v) is 17.0. The first-order valence-corrected chi connectivity index (χ1v) is 10.0. The minimum Gasteiger partial charge on any atom is -0.319 e. The molecule has 3 amide bonds. The Balaban J connectivity index is 1.58. The summed E-state index contributed by atoms with van der Waals surface area (Å²) in [5.74, 6) is -0.338. The van der Waals surface area contributed by atoms with E-state index in [0.29, 0.717) is 16.3 Å². The van der Waals surface area contributed by atoms with Crippen molar-refractivity contribution in [3.05, 3.63) is 75.8 Å². The third kappa shape index (κ3) is 3.19. The Kier molecular flexibility index (Phi) is 4.69. The second kappa shape index (κ2) is 7.04. The average molecular weight is 412 g/mol. The Morgan fingerprint density at radius 2 is 1.86 bits per heavy atom. The van der Waals surface area contributed by atoms with E-state index in [1.165, 1.54) is 21.8 Å². The zero-order chi connectivity index (χ0) is 19.9. The van der Waals surface area contributed by atoms with Crippen LogP contribution in [-0.4, -0.2) is 21.8 Å². The molecule has 0 bridgehead atoms. The summed E-state index contributed by atoms with van der Waals surface area (Å²) in [4.78, 5) is 31.4. The monoisotopic (exact) mass is 411 g/mol. The van der Waals surface area contributed by atoms with E-state index >= 15 is 0 Å². The first-order valence-electron chi connectivity index (χ1n) is 8.79. The predicted octanol–water partition coefficient (Wildman–Crippen LogP) is 4.74. The molecule has 1 aliphatic rings. The fraction of sp³-hybridized carbons (Fsp3) is 0.190. The molecule has 1 aliphatic heterocycles. The number of hydrogen-bond acceptors (Lipinski definition) is 4. The lowest BCUT2D eigenvalue weighted by atomic mass is 9.92. The second-order valence-corrected chi connectivity index (χ2v) is 8.20. The molecular formula is C21H18ClN3O2S. The molecule has 2 heterocycles. The maximum absolute atomic E-state index is 13.1. The van der Waals surface area contributed by atoms with Gasteiger partial charge in [0.2, 0.25) is 0 Å². The van der Waals surface area contributed by atoms with E-state index in [1.807, 2.05) is 36.6 Å². The SMILES string of the molecule is Cc1ccc(-c2nc(CN3C(=O)N[C@@](C)(c4ccccc4Cl)C3=O)cs2)cc1.